The van der Waals surface area contributed by atoms with Crippen molar-refractivity contribution in [2.75, 3.05) is 19.6 Å². The number of nitrogens with zero attached hydrogens (tertiary/aromatic N) is 3. The molecule has 5 rings (SSSR count). The Labute approximate surface area is 188 Å². The monoisotopic (exact) mass is 436 g/mol. The maximum Gasteiger partial charge on any atom is 0.270 e. The van der Waals surface area contributed by atoms with Gasteiger partial charge >= 0.3 is 0 Å². The number of aromatic nitrogens is 2. The predicted octanol–water partition coefficient (Wildman–Crippen LogP) is 5.31. The molecule has 0 unspecified atom stereocenters. The summed E-state index contributed by atoms with van der Waals surface area (Å²) >= 11 is 1.67. The number of nitrogens with one attached hydrogen (secondary N) is 1. The van der Waals surface area contributed by atoms with Crippen LogP contribution in [0.25, 0.3) is 10.2 Å². The molecule has 1 saturated carbocycles. The number of amides is 1. The van der Waals surface area contributed by atoms with Gasteiger partial charge in [0.15, 0.2) is 0 Å². The highest BCUT2D eigenvalue weighted by atomic mass is 32.1. The van der Waals surface area contributed by atoms with E-state index in [-0.39, 0.29) is 5.91 Å². The number of carbonyl (C=O) groups is 1. The maximum atomic E-state index is 13.5. The summed E-state index contributed by atoms with van der Waals surface area (Å²) in [6.07, 6.45) is 13.0. The molecule has 3 aromatic heterocycles. The molecule has 6 heteroatoms. The molecule has 1 aliphatic heterocycles. The van der Waals surface area contributed by atoms with Crippen LogP contribution in [0, 0.1) is 5.92 Å². The van der Waals surface area contributed by atoms with Gasteiger partial charge < -0.3 is 14.8 Å². The van der Waals surface area contributed by atoms with Crippen molar-refractivity contribution < 1.29 is 4.79 Å². The van der Waals surface area contributed by atoms with Crippen LogP contribution in [0.3, 0.4) is 0 Å². The van der Waals surface area contributed by atoms with E-state index < -0.39 is 0 Å². The van der Waals surface area contributed by atoms with Gasteiger partial charge in [-0.05, 0) is 67.3 Å². The Morgan fingerprint density at radius 1 is 1.19 bits per heavy atom. The minimum atomic E-state index is 0.0991. The summed E-state index contributed by atoms with van der Waals surface area (Å²) in [7, 11) is 0. The minimum absolute atomic E-state index is 0.0991. The van der Waals surface area contributed by atoms with Crippen LogP contribution in [-0.4, -0.2) is 51.4 Å². The molecule has 2 fully saturated rings. The number of aromatic amines is 1. The number of H-pyrrole nitrogens is 1. The zero-order chi connectivity index (χ0) is 21.0. The van der Waals surface area contributed by atoms with E-state index in [1.165, 1.54) is 51.5 Å². The number of thiophene rings is 1. The molecule has 31 heavy (non-hydrogen) atoms. The first-order chi connectivity index (χ1) is 15.3. The van der Waals surface area contributed by atoms with E-state index in [1.54, 1.807) is 17.5 Å². The molecule has 1 amide bonds. The number of carbonyl (C=O) groups excluding carboxylic acids is 1. The first-order valence-electron chi connectivity index (χ1n) is 11.7. The first-order valence-corrected chi connectivity index (χ1v) is 12.6. The van der Waals surface area contributed by atoms with Crippen molar-refractivity contribution in [1.29, 1.82) is 0 Å². The molecular formula is C25H32N4OS. The lowest BCUT2D eigenvalue weighted by molar-refractivity contribution is 0.0580. The van der Waals surface area contributed by atoms with Crippen LogP contribution in [0.4, 0.5) is 0 Å². The number of rotatable bonds is 6. The number of fused-ring (bicyclic) bond motifs is 1. The lowest BCUT2D eigenvalue weighted by atomic mass is 9.90. The van der Waals surface area contributed by atoms with Gasteiger partial charge in [-0.15, -0.1) is 11.3 Å². The average Bonchev–Trinajstić information content (AvgIpc) is 3.42. The number of hydrogen-bond acceptors (Lipinski definition) is 4. The maximum absolute atomic E-state index is 13.5. The Morgan fingerprint density at radius 3 is 2.90 bits per heavy atom. The molecule has 0 spiro atoms. The standard InChI is InChI=1S/C25H32N4OS/c30-25(23-14-24-22(27-23)10-13-31-24)29(16-19-6-4-11-26-15-19)18-20-7-5-12-28(17-20)21-8-2-1-3-9-21/h4,6,10-11,13-15,20-21,27H,1-3,5,7-9,12,16-18H2/t20-/m1/s1. The molecule has 1 N–H and O–H groups in total. The Kier molecular flexibility index (Phi) is 6.37. The molecule has 1 atom stereocenters. The van der Waals surface area contributed by atoms with Crippen molar-refractivity contribution in [1.82, 2.24) is 19.8 Å². The SMILES string of the molecule is O=C(c1cc2sccc2[nH]1)N(Cc1cccnc1)C[C@@H]1CCCN(C2CCCCC2)C1. The van der Waals surface area contributed by atoms with Gasteiger partial charge in [-0.2, -0.15) is 0 Å². The first kappa shape index (κ1) is 20.7. The predicted molar refractivity (Wildman–Crippen MR) is 126 cm³/mol. The van der Waals surface area contributed by atoms with Gasteiger partial charge in [-0.1, -0.05) is 25.3 Å². The van der Waals surface area contributed by atoms with Crippen molar-refractivity contribution in [3.8, 4) is 0 Å². The Balaban J connectivity index is 1.32. The van der Waals surface area contributed by atoms with Crippen LogP contribution < -0.4 is 0 Å². The summed E-state index contributed by atoms with van der Waals surface area (Å²) < 4.78 is 1.14. The summed E-state index contributed by atoms with van der Waals surface area (Å²) in [4.78, 5) is 25.9. The largest absolute Gasteiger partial charge is 0.350 e. The van der Waals surface area contributed by atoms with Crippen LogP contribution in [-0.2, 0) is 6.54 Å². The lowest BCUT2D eigenvalue weighted by Crippen LogP contribution is -2.47. The number of pyridine rings is 1. The molecule has 1 saturated heterocycles. The lowest BCUT2D eigenvalue weighted by Gasteiger charge is -2.41. The highest BCUT2D eigenvalue weighted by Gasteiger charge is 2.29. The quantitative estimate of drug-likeness (QED) is 0.570. The van der Waals surface area contributed by atoms with Crippen molar-refractivity contribution in [2.24, 2.45) is 5.92 Å². The topological polar surface area (TPSA) is 52.2 Å². The average molecular weight is 437 g/mol. The van der Waals surface area contributed by atoms with Crippen LogP contribution >= 0.6 is 11.3 Å². The van der Waals surface area contributed by atoms with E-state index in [1.807, 2.05) is 29.3 Å². The fourth-order valence-corrected chi connectivity index (χ4v) is 6.18. The highest BCUT2D eigenvalue weighted by Crippen LogP contribution is 2.28. The third-order valence-electron chi connectivity index (χ3n) is 6.97. The van der Waals surface area contributed by atoms with Gasteiger partial charge in [-0.25, -0.2) is 0 Å². The summed E-state index contributed by atoms with van der Waals surface area (Å²) in [6.45, 7) is 3.77. The zero-order valence-electron chi connectivity index (χ0n) is 18.1. The van der Waals surface area contributed by atoms with E-state index in [2.05, 4.69) is 26.3 Å². The fraction of sp³-hybridized carbons (Fsp3) is 0.520. The summed E-state index contributed by atoms with van der Waals surface area (Å²) in [5, 5.41) is 2.06. The van der Waals surface area contributed by atoms with Crippen molar-refractivity contribution in [2.45, 2.75) is 57.5 Å². The summed E-state index contributed by atoms with van der Waals surface area (Å²) in [5.41, 5.74) is 2.84. The van der Waals surface area contributed by atoms with E-state index in [9.17, 15) is 4.79 Å². The molecule has 3 aromatic rings. The van der Waals surface area contributed by atoms with Gasteiger partial charge in [0, 0.05) is 38.1 Å². The van der Waals surface area contributed by atoms with Gasteiger partial charge in [0.1, 0.15) is 5.69 Å². The molecular weight excluding hydrogens is 404 g/mol. The van der Waals surface area contributed by atoms with Crippen LogP contribution in [0.5, 0.6) is 0 Å². The zero-order valence-corrected chi connectivity index (χ0v) is 18.9. The van der Waals surface area contributed by atoms with E-state index in [0.29, 0.717) is 18.2 Å². The normalized spacial score (nSPS) is 20.8. The van der Waals surface area contributed by atoms with E-state index in [4.69, 9.17) is 0 Å². The summed E-state index contributed by atoms with van der Waals surface area (Å²) in [5.74, 6) is 0.634. The smallest absolute Gasteiger partial charge is 0.270 e. The number of likely N-dealkylation sites (tertiary alicyclic amines) is 1. The van der Waals surface area contributed by atoms with Gasteiger partial charge in [0.25, 0.3) is 5.91 Å². The molecule has 164 valence electrons. The molecule has 5 nitrogen and oxygen atoms in total. The second-order valence-electron chi connectivity index (χ2n) is 9.22. The third kappa shape index (κ3) is 4.85. The highest BCUT2D eigenvalue weighted by molar-refractivity contribution is 7.17. The molecule has 0 radical (unpaired) electrons. The number of hydrogen-bond donors (Lipinski definition) is 1. The second kappa shape index (κ2) is 9.53. The minimum Gasteiger partial charge on any atom is -0.350 e. The van der Waals surface area contributed by atoms with Crippen LogP contribution in [0.1, 0.15) is 61.0 Å². The molecule has 0 bridgehead atoms. The number of piperidine rings is 1. The van der Waals surface area contributed by atoms with Crippen molar-refractivity contribution in [3.05, 3.63) is 53.3 Å². The van der Waals surface area contributed by atoms with Gasteiger partial charge in [0.2, 0.25) is 0 Å². The van der Waals surface area contributed by atoms with Crippen LogP contribution in [0.2, 0.25) is 0 Å². The molecule has 1 aliphatic carbocycles. The van der Waals surface area contributed by atoms with Crippen molar-refractivity contribution >= 4 is 27.5 Å². The van der Waals surface area contributed by atoms with Gasteiger partial charge in [-0.3, -0.25) is 9.78 Å². The van der Waals surface area contributed by atoms with Crippen LogP contribution in [0.15, 0.2) is 42.0 Å². The van der Waals surface area contributed by atoms with E-state index >= 15 is 0 Å². The third-order valence-corrected chi connectivity index (χ3v) is 7.84. The molecule has 4 heterocycles. The van der Waals surface area contributed by atoms with Gasteiger partial charge in [0.05, 0.1) is 10.2 Å². The summed E-state index contributed by atoms with van der Waals surface area (Å²) in [6, 6.07) is 8.83. The van der Waals surface area contributed by atoms with E-state index in [0.717, 1.165) is 34.9 Å². The van der Waals surface area contributed by atoms with Crippen molar-refractivity contribution in [3.63, 3.8) is 0 Å². The second-order valence-corrected chi connectivity index (χ2v) is 10.2. The fourth-order valence-electron chi connectivity index (χ4n) is 5.40. The Hall–Kier alpha value is -2.18. The molecule has 0 aromatic carbocycles. The molecule has 2 aliphatic rings. The Morgan fingerprint density at radius 2 is 2.10 bits per heavy atom. The Bertz CT molecular complexity index is 963.